The Labute approximate surface area is 269 Å². The number of rotatable bonds is 3. The maximum atomic E-state index is 6.31. The zero-order chi connectivity index (χ0) is 29.3. The second-order valence-electron chi connectivity index (χ2n) is 10.4. The summed E-state index contributed by atoms with van der Waals surface area (Å²) in [5.41, 5.74) is 10.6. The molecule has 0 spiro atoms. The monoisotopic (exact) mass is 749 g/mol. The predicted octanol–water partition coefficient (Wildman–Crippen LogP) is 9.26. The Balaban J connectivity index is 0.000000222. The fraction of sp³-hybridized carbons (Fsp3) is 0.0789. The quantitative estimate of drug-likeness (QED) is 0.169. The van der Waals surface area contributed by atoms with Crippen LogP contribution >= 0.6 is 0 Å². The molecule has 0 aliphatic rings. The van der Waals surface area contributed by atoms with E-state index in [9.17, 15) is 0 Å². The van der Waals surface area contributed by atoms with Gasteiger partial charge in [0, 0.05) is 43.1 Å². The average molecular weight is 749 g/mol. The molecule has 0 unspecified atom stereocenters. The van der Waals surface area contributed by atoms with E-state index < -0.39 is 0 Å². The molecule has 44 heavy (non-hydrogen) atoms. The van der Waals surface area contributed by atoms with Crippen LogP contribution in [0, 0.1) is 32.9 Å². The SMILES string of the molecule is Cc1nc(C)c2nc(-c3[c-]ccc4c3oc3ccccc34)n(-c3ccccc3)c2c1C.[Ir].[c-]1ccccc1-c1ccccn1. The summed E-state index contributed by atoms with van der Waals surface area (Å²) in [4.78, 5) is 14.0. The fourth-order valence-electron chi connectivity index (χ4n) is 5.51. The van der Waals surface area contributed by atoms with E-state index in [1.807, 2.05) is 91.9 Å². The van der Waals surface area contributed by atoms with E-state index in [0.29, 0.717) is 0 Å². The number of benzene rings is 4. The number of hydrogen-bond donors (Lipinski definition) is 0. The van der Waals surface area contributed by atoms with Crippen molar-refractivity contribution in [1.82, 2.24) is 19.5 Å². The van der Waals surface area contributed by atoms with Crippen LogP contribution in [0.4, 0.5) is 0 Å². The minimum atomic E-state index is 0. The number of aromatic nitrogens is 4. The Morgan fingerprint density at radius 3 is 2.23 bits per heavy atom. The minimum Gasteiger partial charge on any atom is -0.501 e. The maximum Gasteiger partial charge on any atom is 0.120 e. The molecule has 0 atom stereocenters. The van der Waals surface area contributed by atoms with E-state index in [2.05, 4.69) is 59.8 Å². The van der Waals surface area contributed by atoms with Gasteiger partial charge < -0.3 is 14.0 Å². The van der Waals surface area contributed by atoms with Crippen molar-refractivity contribution in [3.63, 3.8) is 0 Å². The second-order valence-corrected chi connectivity index (χ2v) is 10.4. The van der Waals surface area contributed by atoms with Crippen LogP contribution in [0.25, 0.3) is 61.3 Å². The molecule has 8 aromatic rings. The van der Waals surface area contributed by atoms with Gasteiger partial charge in [0.25, 0.3) is 0 Å². The standard InChI is InChI=1S/C27H20N3O.C11H8N.Ir/c1-16-17(2)28-18(3)24-25(16)30(19-10-5-4-6-11-19)27(29-24)22-14-9-13-21-20-12-7-8-15-23(20)31-26(21)22;1-2-6-10(7-3-1)11-8-4-5-9-12-11;/h4-13,15H,1-3H3;1-6,8-9H;/q2*-1;. The minimum absolute atomic E-state index is 0. The van der Waals surface area contributed by atoms with Gasteiger partial charge in [-0.25, -0.2) is 0 Å². The summed E-state index contributed by atoms with van der Waals surface area (Å²) in [5, 5.41) is 2.17. The third-order valence-electron chi connectivity index (χ3n) is 7.68. The van der Waals surface area contributed by atoms with Crippen molar-refractivity contribution in [3.05, 3.63) is 144 Å². The van der Waals surface area contributed by atoms with Crippen molar-refractivity contribution in [3.8, 4) is 28.3 Å². The first-order valence-corrected chi connectivity index (χ1v) is 14.2. The van der Waals surface area contributed by atoms with Crippen molar-refractivity contribution in [2.45, 2.75) is 20.8 Å². The summed E-state index contributed by atoms with van der Waals surface area (Å²) in [6, 6.07) is 42.7. The van der Waals surface area contributed by atoms with Gasteiger partial charge in [0.15, 0.2) is 0 Å². The number of hydrogen-bond acceptors (Lipinski definition) is 4. The molecule has 4 aromatic carbocycles. The van der Waals surface area contributed by atoms with Gasteiger partial charge in [-0.05, 0) is 56.3 Å². The Kier molecular flexibility index (Phi) is 8.21. The summed E-state index contributed by atoms with van der Waals surface area (Å²) >= 11 is 0. The summed E-state index contributed by atoms with van der Waals surface area (Å²) in [7, 11) is 0. The van der Waals surface area contributed by atoms with Crippen LogP contribution in [0.3, 0.4) is 0 Å². The predicted molar refractivity (Wildman–Crippen MR) is 173 cm³/mol. The molecule has 0 saturated carbocycles. The smallest absolute Gasteiger partial charge is 0.120 e. The summed E-state index contributed by atoms with van der Waals surface area (Å²) in [6.45, 7) is 6.18. The van der Waals surface area contributed by atoms with Gasteiger partial charge in [0.05, 0.1) is 28.1 Å². The van der Waals surface area contributed by atoms with Gasteiger partial charge in [-0.3, -0.25) is 9.97 Å². The van der Waals surface area contributed by atoms with Gasteiger partial charge in [-0.1, -0.05) is 59.5 Å². The molecule has 4 heterocycles. The molecule has 0 aliphatic heterocycles. The summed E-state index contributed by atoms with van der Waals surface area (Å²) in [5.74, 6) is 0.810. The molecule has 8 rings (SSSR count). The molecule has 0 fully saturated rings. The van der Waals surface area contributed by atoms with Gasteiger partial charge in [0.1, 0.15) is 5.58 Å². The van der Waals surface area contributed by atoms with E-state index in [4.69, 9.17) is 14.4 Å². The number of furan rings is 1. The molecule has 0 N–H and O–H groups in total. The van der Waals surface area contributed by atoms with E-state index in [1.54, 1.807) is 6.20 Å². The van der Waals surface area contributed by atoms with Crippen molar-refractivity contribution in [1.29, 1.82) is 0 Å². The van der Waals surface area contributed by atoms with Crippen LogP contribution in [-0.4, -0.2) is 19.5 Å². The van der Waals surface area contributed by atoms with Crippen molar-refractivity contribution < 1.29 is 24.5 Å². The number of pyridine rings is 2. The van der Waals surface area contributed by atoms with Gasteiger partial charge in [-0.2, -0.15) is 0 Å². The Morgan fingerprint density at radius 1 is 0.682 bits per heavy atom. The van der Waals surface area contributed by atoms with Crippen LogP contribution < -0.4 is 0 Å². The van der Waals surface area contributed by atoms with E-state index >= 15 is 0 Å². The summed E-state index contributed by atoms with van der Waals surface area (Å²) in [6.07, 6.45) is 1.79. The van der Waals surface area contributed by atoms with Crippen LogP contribution in [0.2, 0.25) is 0 Å². The van der Waals surface area contributed by atoms with E-state index in [1.165, 1.54) is 0 Å². The average Bonchev–Trinajstić information content (AvgIpc) is 3.65. The van der Waals surface area contributed by atoms with Crippen LogP contribution in [-0.2, 0) is 20.1 Å². The number of para-hydroxylation sites is 2. The first-order chi connectivity index (χ1) is 21.1. The maximum absolute atomic E-state index is 6.31. The first kappa shape index (κ1) is 29.2. The van der Waals surface area contributed by atoms with Crippen LogP contribution in [0.15, 0.2) is 120 Å². The first-order valence-electron chi connectivity index (χ1n) is 14.2. The van der Waals surface area contributed by atoms with Gasteiger partial charge in [0.2, 0.25) is 0 Å². The molecule has 4 aromatic heterocycles. The van der Waals surface area contributed by atoms with Crippen molar-refractivity contribution >= 4 is 33.0 Å². The van der Waals surface area contributed by atoms with Crippen molar-refractivity contribution in [2.75, 3.05) is 0 Å². The molecule has 6 heteroatoms. The molecule has 1 radical (unpaired) electrons. The zero-order valence-electron chi connectivity index (χ0n) is 24.5. The van der Waals surface area contributed by atoms with Crippen molar-refractivity contribution in [2.24, 2.45) is 0 Å². The topological polar surface area (TPSA) is 56.7 Å². The third-order valence-corrected chi connectivity index (χ3v) is 7.68. The second kappa shape index (κ2) is 12.4. The fourth-order valence-corrected chi connectivity index (χ4v) is 5.51. The third kappa shape index (κ3) is 5.24. The van der Waals surface area contributed by atoms with Gasteiger partial charge in [-0.15, -0.1) is 54.1 Å². The molecule has 217 valence electrons. The van der Waals surface area contributed by atoms with Crippen LogP contribution in [0.5, 0.6) is 0 Å². The van der Waals surface area contributed by atoms with E-state index in [-0.39, 0.29) is 20.1 Å². The number of imidazole rings is 1. The summed E-state index contributed by atoms with van der Waals surface area (Å²) < 4.78 is 8.52. The molecular weight excluding hydrogens is 721 g/mol. The Bertz CT molecular complexity index is 2170. The molecular formula is C38H28IrN4O-2. The van der Waals surface area contributed by atoms with Gasteiger partial charge >= 0.3 is 0 Å². The zero-order valence-corrected chi connectivity index (χ0v) is 26.9. The number of fused-ring (bicyclic) bond motifs is 4. The number of aryl methyl sites for hydroxylation is 3. The normalized spacial score (nSPS) is 10.9. The Hall–Kier alpha value is -4.90. The largest absolute Gasteiger partial charge is 0.501 e. The molecule has 0 amide bonds. The molecule has 0 saturated heterocycles. The Morgan fingerprint density at radius 2 is 1.45 bits per heavy atom. The molecule has 0 aliphatic carbocycles. The molecule has 5 nitrogen and oxygen atoms in total. The molecule has 0 bridgehead atoms. The van der Waals surface area contributed by atoms with Crippen LogP contribution in [0.1, 0.15) is 17.0 Å². The van der Waals surface area contributed by atoms with E-state index in [0.717, 1.165) is 78.3 Å². The number of nitrogens with zero attached hydrogens (tertiary/aromatic N) is 4.